The van der Waals surface area contributed by atoms with Crippen LogP contribution in [0.4, 0.5) is 8.78 Å². The van der Waals surface area contributed by atoms with Crippen molar-refractivity contribution in [2.75, 3.05) is 13.2 Å². The van der Waals surface area contributed by atoms with Crippen molar-refractivity contribution in [3.05, 3.63) is 53.6 Å². The molecule has 1 aliphatic rings. The molecule has 0 saturated heterocycles. The molecule has 1 N–H and O–H groups in total. The largest absolute Gasteiger partial charge is 0.483 e. The van der Waals surface area contributed by atoms with Crippen molar-refractivity contribution in [3.63, 3.8) is 0 Å². The van der Waals surface area contributed by atoms with E-state index in [0.29, 0.717) is 17.6 Å². The number of para-hydroxylation sites is 1. The van der Waals surface area contributed by atoms with Crippen LogP contribution in [-0.2, 0) is 16.4 Å². The van der Waals surface area contributed by atoms with Crippen LogP contribution in [-0.4, -0.2) is 27.2 Å². The second-order valence-electron chi connectivity index (χ2n) is 6.82. The fourth-order valence-electron chi connectivity index (χ4n) is 2.83. The van der Waals surface area contributed by atoms with Crippen molar-refractivity contribution in [2.45, 2.75) is 30.8 Å². The normalized spacial score (nSPS) is 14.6. The van der Waals surface area contributed by atoms with Crippen LogP contribution in [0.3, 0.4) is 0 Å². The van der Waals surface area contributed by atoms with Crippen LogP contribution < -0.4 is 14.2 Å². The molecule has 8 heteroatoms. The maximum atomic E-state index is 13.6. The molecule has 3 rings (SSSR count). The van der Waals surface area contributed by atoms with Crippen molar-refractivity contribution >= 4 is 10.0 Å². The molecule has 0 saturated carbocycles. The summed E-state index contributed by atoms with van der Waals surface area (Å²) >= 11 is 0. The van der Waals surface area contributed by atoms with Gasteiger partial charge in [-0.1, -0.05) is 24.0 Å². The van der Waals surface area contributed by atoms with Gasteiger partial charge >= 0.3 is 0 Å². The van der Waals surface area contributed by atoms with E-state index in [2.05, 4.69) is 16.6 Å². The van der Waals surface area contributed by atoms with E-state index in [9.17, 15) is 17.2 Å². The quantitative estimate of drug-likeness (QED) is 0.774. The van der Waals surface area contributed by atoms with Gasteiger partial charge in [-0.05, 0) is 32.0 Å². The molecule has 0 atom stereocenters. The Hall–Kier alpha value is -2.63. The van der Waals surface area contributed by atoms with Crippen LogP contribution in [0.25, 0.3) is 0 Å². The van der Waals surface area contributed by atoms with Gasteiger partial charge in [0.15, 0.2) is 11.5 Å². The second-order valence-corrected chi connectivity index (χ2v) is 8.56. The second kappa shape index (κ2) is 7.78. The fourth-order valence-corrected chi connectivity index (χ4v) is 3.81. The minimum Gasteiger partial charge on any atom is -0.483 e. The van der Waals surface area contributed by atoms with Gasteiger partial charge in [-0.15, -0.1) is 0 Å². The van der Waals surface area contributed by atoms with Crippen molar-refractivity contribution in [2.24, 2.45) is 0 Å². The number of nitrogens with one attached hydrogen (secondary N) is 1. The summed E-state index contributed by atoms with van der Waals surface area (Å²) in [5, 5.41) is 0. The highest BCUT2D eigenvalue weighted by molar-refractivity contribution is 7.89. The van der Waals surface area contributed by atoms with Gasteiger partial charge in [0.25, 0.3) is 0 Å². The molecule has 0 spiro atoms. The fraction of sp³-hybridized carbons (Fsp3) is 0.300. The summed E-state index contributed by atoms with van der Waals surface area (Å²) in [6.45, 7) is 3.78. The van der Waals surface area contributed by atoms with Gasteiger partial charge in [0.05, 0.1) is 6.54 Å². The van der Waals surface area contributed by atoms with Crippen molar-refractivity contribution < 1.29 is 26.7 Å². The lowest BCUT2D eigenvalue weighted by Crippen LogP contribution is -2.25. The number of hydrogen-bond donors (Lipinski definition) is 1. The summed E-state index contributed by atoms with van der Waals surface area (Å²) in [5.74, 6) is 4.53. The van der Waals surface area contributed by atoms with Gasteiger partial charge < -0.3 is 9.47 Å². The average Bonchev–Trinajstić information content (AvgIpc) is 2.92. The number of ether oxygens (including phenoxy) is 2. The highest BCUT2D eigenvalue weighted by Crippen LogP contribution is 2.41. The predicted octanol–water partition coefficient (Wildman–Crippen LogP) is 3.04. The van der Waals surface area contributed by atoms with Crippen molar-refractivity contribution in [1.82, 2.24) is 4.72 Å². The van der Waals surface area contributed by atoms with E-state index in [1.54, 1.807) is 6.07 Å². The van der Waals surface area contributed by atoms with Crippen molar-refractivity contribution in [1.29, 1.82) is 0 Å². The maximum absolute atomic E-state index is 13.6. The first-order chi connectivity index (χ1) is 13.2. The number of hydrogen-bond acceptors (Lipinski definition) is 4. The van der Waals surface area contributed by atoms with Crippen LogP contribution in [0, 0.1) is 23.5 Å². The zero-order valence-electron chi connectivity index (χ0n) is 15.4. The molecular weight excluding hydrogens is 388 g/mol. The summed E-state index contributed by atoms with van der Waals surface area (Å²) in [6, 6.07) is 7.88. The van der Waals surface area contributed by atoms with Crippen LogP contribution in [0.1, 0.15) is 19.4 Å². The monoisotopic (exact) mass is 407 g/mol. The Balaban J connectivity index is 1.55. The number of rotatable bonds is 5. The summed E-state index contributed by atoms with van der Waals surface area (Å²) in [7, 11) is -4.12. The van der Waals surface area contributed by atoms with Gasteiger partial charge in [0.1, 0.15) is 28.7 Å². The van der Waals surface area contributed by atoms with Crippen LogP contribution >= 0.6 is 0 Å². The molecule has 2 aromatic carbocycles. The zero-order valence-corrected chi connectivity index (χ0v) is 16.2. The Kier molecular flexibility index (Phi) is 5.59. The SMILES string of the molecule is CC1(C)Cc2cccc(OCC#CCNS(=O)(=O)c3ccc(F)cc3F)c2O1. The van der Waals surface area contributed by atoms with Gasteiger partial charge in [0, 0.05) is 18.1 Å². The molecule has 0 amide bonds. The van der Waals surface area contributed by atoms with Crippen LogP contribution in [0.2, 0.25) is 0 Å². The molecule has 148 valence electrons. The lowest BCUT2D eigenvalue weighted by Gasteiger charge is -2.17. The van der Waals surface area contributed by atoms with E-state index < -0.39 is 26.6 Å². The Morgan fingerprint density at radius 2 is 2.00 bits per heavy atom. The van der Waals surface area contributed by atoms with E-state index in [4.69, 9.17) is 9.47 Å². The lowest BCUT2D eigenvalue weighted by molar-refractivity contribution is 0.133. The average molecular weight is 407 g/mol. The molecule has 0 unspecified atom stereocenters. The van der Waals surface area contributed by atoms with E-state index >= 15 is 0 Å². The molecule has 0 aromatic heterocycles. The van der Waals surface area contributed by atoms with E-state index in [0.717, 1.165) is 24.1 Å². The molecule has 1 heterocycles. The molecule has 0 radical (unpaired) electrons. The standard InChI is InChI=1S/C20H19F2NO4S/c1-20(2)13-14-6-5-7-17(19(14)27-20)26-11-4-3-10-23-28(24,25)18-9-8-15(21)12-16(18)22/h5-9,12,23H,10-11,13H2,1-2H3. The first-order valence-electron chi connectivity index (χ1n) is 8.52. The number of sulfonamides is 1. The molecule has 0 fully saturated rings. The summed E-state index contributed by atoms with van der Waals surface area (Å²) in [5.41, 5.74) is 0.769. The first-order valence-corrected chi connectivity index (χ1v) is 10.0. The minimum atomic E-state index is -4.12. The Morgan fingerprint density at radius 3 is 2.75 bits per heavy atom. The molecule has 2 aromatic rings. The third-order valence-corrected chi connectivity index (χ3v) is 5.45. The highest BCUT2D eigenvalue weighted by Gasteiger charge is 2.32. The van der Waals surface area contributed by atoms with Gasteiger partial charge in [0.2, 0.25) is 10.0 Å². The molecular formula is C20H19F2NO4S. The van der Waals surface area contributed by atoms with Gasteiger partial charge in [-0.2, -0.15) is 4.72 Å². The molecule has 0 aliphatic carbocycles. The predicted molar refractivity (Wildman–Crippen MR) is 99.7 cm³/mol. The van der Waals surface area contributed by atoms with E-state index in [1.807, 2.05) is 26.0 Å². The first kappa shape index (κ1) is 20.1. The number of fused-ring (bicyclic) bond motifs is 1. The number of halogens is 2. The summed E-state index contributed by atoms with van der Waals surface area (Å²) in [6.07, 6.45) is 0.785. The summed E-state index contributed by atoms with van der Waals surface area (Å²) in [4.78, 5) is -0.633. The highest BCUT2D eigenvalue weighted by atomic mass is 32.2. The Morgan fingerprint density at radius 1 is 1.21 bits per heavy atom. The maximum Gasteiger partial charge on any atom is 0.244 e. The zero-order chi connectivity index (χ0) is 20.4. The molecule has 5 nitrogen and oxygen atoms in total. The molecule has 0 bridgehead atoms. The Labute approximate surface area is 162 Å². The molecule has 28 heavy (non-hydrogen) atoms. The van der Waals surface area contributed by atoms with Gasteiger partial charge in [-0.3, -0.25) is 0 Å². The smallest absolute Gasteiger partial charge is 0.244 e. The topological polar surface area (TPSA) is 64.6 Å². The minimum absolute atomic E-state index is 0.0346. The van der Waals surface area contributed by atoms with Crippen molar-refractivity contribution in [3.8, 4) is 23.3 Å². The van der Waals surface area contributed by atoms with Crippen LogP contribution in [0.5, 0.6) is 11.5 Å². The number of benzene rings is 2. The van der Waals surface area contributed by atoms with E-state index in [1.165, 1.54) is 0 Å². The van der Waals surface area contributed by atoms with Crippen LogP contribution in [0.15, 0.2) is 41.3 Å². The van der Waals surface area contributed by atoms with E-state index in [-0.39, 0.29) is 18.8 Å². The summed E-state index contributed by atoms with van der Waals surface area (Å²) < 4.78 is 64.2. The lowest BCUT2D eigenvalue weighted by atomic mass is 10.0. The third kappa shape index (κ3) is 4.61. The molecule has 1 aliphatic heterocycles. The Bertz CT molecular complexity index is 1060. The van der Waals surface area contributed by atoms with Gasteiger partial charge in [-0.25, -0.2) is 17.2 Å². The third-order valence-electron chi connectivity index (χ3n) is 4.01.